The van der Waals surface area contributed by atoms with Crippen molar-refractivity contribution >= 4 is 15.7 Å². The molecule has 0 aromatic heterocycles. The van der Waals surface area contributed by atoms with Crippen molar-refractivity contribution in [3.63, 3.8) is 0 Å². The molecular weight excluding hydrogens is 286 g/mol. The highest BCUT2D eigenvalue weighted by Crippen LogP contribution is 2.20. The molecule has 1 atom stereocenters. The molecule has 1 aromatic carbocycles. The Morgan fingerprint density at radius 3 is 2.48 bits per heavy atom. The van der Waals surface area contributed by atoms with E-state index in [2.05, 4.69) is 35.3 Å². The molecule has 1 heterocycles. The standard InChI is InChI=1S/C15H25N3O2S/c1-13-5-4-6-15(11-13)17-7-9-18(10-8-17)21(19,20)14(2)12-16-3/h4-6,11,14,16H,7-10,12H2,1-3H3. The molecule has 1 unspecified atom stereocenters. The number of sulfonamides is 1. The largest absolute Gasteiger partial charge is 0.369 e. The Labute approximate surface area is 128 Å². The molecule has 0 aliphatic carbocycles. The van der Waals surface area contributed by atoms with Crippen molar-refractivity contribution in [2.24, 2.45) is 0 Å². The van der Waals surface area contributed by atoms with Gasteiger partial charge in [0.1, 0.15) is 0 Å². The van der Waals surface area contributed by atoms with Crippen LogP contribution in [0.25, 0.3) is 0 Å². The van der Waals surface area contributed by atoms with Crippen molar-refractivity contribution in [2.75, 3.05) is 44.7 Å². The number of rotatable bonds is 5. The fourth-order valence-electron chi connectivity index (χ4n) is 2.67. The van der Waals surface area contributed by atoms with Crippen LogP contribution in [0.15, 0.2) is 24.3 Å². The van der Waals surface area contributed by atoms with Gasteiger partial charge in [0.25, 0.3) is 0 Å². The fraction of sp³-hybridized carbons (Fsp3) is 0.600. The molecule has 1 N–H and O–H groups in total. The zero-order valence-electron chi connectivity index (χ0n) is 13.0. The molecule has 0 radical (unpaired) electrons. The third-order valence-electron chi connectivity index (χ3n) is 3.97. The Morgan fingerprint density at radius 2 is 1.90 bits per heavy atom. The van der Waals surface area contributed by atoms with E-state index in [9.17, 15) is 8.42 Å². The Kier molecular flexibility index (Phi) is 5.24. The fourth-order valence-corrected chi connectivity index (χ4v) is 4.23. The van der Waals surface area contributed by atoms with E-state index in [1.165, 1.54) is 11.3 Å². The number of hydrogen-bond donors (Lipinski definition) is 1. The van der Waals surface area contributed by atoms with Crippen molar-refractivity contribution < 1.29 is 8.42 Å². The number of anilines is 1. The van der Waals surface area contributed by atoms with Crippen LogP contribution in [0, 0.1) is 6.92 Å². The van der Waals surface area contributed by atoms with Gasteiger partial charge < -0.3 is 10.2 Å². The van der Waals surface area contributed by atoms with Crippen LogP contribution >= 0.6 is 0 Å². The minimum absolute atomic E-state index is 0.381. The van der Waals surface area contributed by atoms with E-state index in [0.29, 0.717) is 19.6 Å². The zero-order chi connectivity index (χ0) is 15.5. The maximum absolute atomic E-state index is 12.4. The van der Waals surface area contributed by atoms with Gasteiger partial charge in [0, 0.05) is 38.4 Å². The number of piperazine rings is 1. The monoisotopic (exact) mass is 311 g/mol. The van der Waals surface area contributed by atoms with Gasteiger partial charge in [-0.05, 0) is 38.6 Å². The molecule has 5 nitrogen and oxygen atoms in total. The molecule has 0 bridgehead atoms. The Balaban J connectivity index is 2.00. The molecule has 21 heavy (non-hydrogen) atoms. The average Bonchev–Trinajstić information content (AvgIpc) is 2.47. The maximum Gasteiger partial charge on any atom is 0.218 e. The molecule has 118 valence electrons. The summed E-state index contributed by atoms with van der Waals surface area (Å²) in [6, 6.07) is 8.35. The molecule has 6 heteroatoms. The Hall–Kier alpha value is -1.11. The van der Waals surface area contributed by atoms with E-state index >= 15 is 0 Å². The highest BCUT2D eigenvalue weighted by atomic mass is 32.2. The number of benzene rings is 1. The number of aryl methyl sites for hydroxylation is 1. The molecule has 1 fully saturated rings. The summed E-state index contributed by atoms with van der Waals surface area (Å²) in [6.07, 6.45) is 0. The predicted molar refractivity (Wildman–Crippen MR) is 87.3 cm³/mol. The summed E-state index contributed by atoms with van der Waals surface area (Å²) in [5, 5.41) is 2.56. The van der Waals surface area contributed by atoms with Crippen LogP contribution in [-0.2, 0) is 10.0 Å². The molecule has 0 saturated carbocycles. The molecule has 2 rings (SSSR count). The van der Waals surface area contributed by atoms with Gasteiger partial charge in [-0.1, -0.05) is 12.1 Å². The first-order valence-electron chi connectivity index (χ1n) is 7.40. The first kappa shape index (κ1) is 16.3. The molecular formula is C15H25N3O2S. The van der Waals surface area contributed by atoms with Crippen molar-refractivity contribution in [1.29, 1.82) is 0 Å². The lowest BCUT2D eigenvalue weighted by Gasteiger charge is -2.36. The molecule has 1 saturated heterocycles. The van der Waals surface area contributed by atoms with Gasteiger partial charge in [0.2, 0.25) is 10.0 Å². The minimum Gasteiger partial charge on any atom is -0.369 e. The Morgan fingerprint density at radius 1 is 1.24 bits per heavy atom. The van der Waals surface area contributed by atoms with Gasteiger partial charge in [-0.2, -0.15) is 4.31 Å². The lowest BCUT2D eigenvalue weighted by molar-refractivity contribution is 0.379. The van der Waals surface area contributed by atoms with Crippen LogP contribution in [0.2, 0.25) is 0 Å². The van der Waals surface area contributed by atoms with Gasteiger partial charge in [-0.15, -0.1) is 0 Å². The second kappa shape index (κ2) is 6.77. The minimum atomic E-state index is -3.19. The van der Waals surface area contributed by atoms with Crippen LogP contribution in [0.4, 0.5) is 5.69 Å². The third-order valence-corrected chi connectivity index (χ3v) is 6.23. The van der Waals surface area contributed by atoms with Crippen molar-refractivity contribution in [3.8, 4) is 0 Å². The van der Waals surface area contributed by atoms with Crippen molar-refractivity contribution in [2.45, 2.75) is 19.1 Å². The van der Waals surface area contributed by atoms with Crippen molar-refractivity contribution in [3.05, 3.63) is 29.8 Å². The predicted octanol–water partition coefficient (Wildman–Crippen LogP) is 1.05. The zero-order valence-corrected chi connectivity index (χ0v) is 13.9. The number of hydrogen-bond acceptors (Lipinski definition) is 4. The molecule has 1 aliphatic heterocycles. The van der Waals surface area contributed by atoms with Crippen LogP contribution in [0.3, 0.4) is 0 Å². The van der Waals surface area contributed by atoms with E-state index in [4.69, 9.17) is 0 Å². The highest BCUT2D eigenvalue weighted by molar-refractivity contribution is 7.89. The van der Waals surface area contributed by atoms with Crippen LogP contribution in [-0.4, -0.2) is 57.7 Å². The van der Waals surface area contributed by atoms with E-state index in [1.54, 1.807) is 18.3 Å². The summed E-state index contributed by atoms with van der Waals surface area (Å²) in [5.74, 6) is 0. The molecule has 0 spiro atoms. The molecule has 1 aliphatic rings. The van der Waals surface area contributed by atoms with Gasteiger partial charge in [-0.25, -0.2) is 8.42 Å². The van der Waals surface area contributed by atoms with E-state index in [-0.39, 0.29) is 5.25 Å². The van der Waals surface area contributed by atoms with E-state index < -0.39 is 10.0 Å². The van der Waals surface area contributed by atoms with Crippen LogP contribution in [0.5, 0.6) is 0 Å². The molecule has 0 amide bonds. The smallest absolute Gasteiger partial charge is 0.218 e. The summed E-state index contributed by atoms with van der Waals surface area (Å²) >= 11 is 0. The van der Waals surface area contributed by atoms with Gasteiger partial charge >= 0.3 is 0 Å². The lowest BCUT2D eigenvalue weighted by atomic mass is 10.2. The summed E-state index contributed by atoms with van der Waals surface area (Å²) in [4.78, 5) is 2.25. The first-order valence-corrected chi connectivity index (χ1v) is 8.90. The quantitative estimate of drug-likeness (QED) is 0.883. The third kappa shape index (κ3) is 3.75. The van der Waals surface area contributed by atoms with Gasteiger partial charge in [-0.3, -0.25) is 0 Å². The van der Waals surface area contributed by atoms with Crippen LogP contribution in [0.1, 0.15) is 12.5 Å². The van der Waals surface area contributed by atoms with Gasteiger partial charge in [0.05, 0.1) is 5.25 Å². The first-order chi connectivity index (χ1) is 9.95. The van der Waals surface area contributed by atoms with E-state index in [0.717, 1.165) is 13.1 Å². The number of nitrogens with zero attached hydrogens (tertiary/aromatic N) is 2. The second-order valence-electron chi connectivity index (χ2n) is 5.64. The van der Waals surface area contributed by atoms with Crippen molar-refractivity contribution in [1.82, 2.24) is 9.62 Å². The summed E-state index contributed by atoms with van der Waals surface area (Å²) in [5.41, 5.74) is 2.40. The van der Waals surface area contributed by atoms with E-state index in [1.807, 2.05) is 6.07 Å². The lowest BCUT2D eigenvalue weighted by Crippen LogP contribution is -2.51. The van der Waals surface area contributed by atoms with Gasteiger partial charge in [0.15, 0.2) is 0 Å². The average molecular weight is 311 g/mol. The number of nitrogens with one attached hydrogen (secondary N) is 1. The SMILES string of the molecule is CNCC(C)S(=O)(=O)N1CCN(c2cccc(C)c2)CC1. The topological polar surface area (TPSA) is 52.7 Å². The van der Waals surface area contributed by atoms with Crippen LogP contribution < -0.4 is 10.2 Å². The summed E-state index contributed by atoms with van der Waals surface area (Å²) < 4.78 is 26.5. The summed E-state index contributed by atoms with van der Waals surface area (Å²) in [7, 11) is -1.41. The summed E-state index contributed by atoms with van der Waals surface area (Å²) in [6.45, 7) is 6.93. The maximum atomic E-state index is 12.4. The second-order valence-corrected chi connectivity index (χ2v) is 7.99. The molecule has 1 aromatic rings. The Bertz CT molecular complexity index is 566. The highest BCUT2D eigenvalue weighted by Gasteiger charge is 2.31. The normalized spacial score (nSPS) is 18.7.